The number of hydrogen-bond acceptors (Lipinski definition) is 10. The molecule has 0 unspecified atom stereocenters. The first-order valence-electron chi connectivity index (χ1n) is 11.5. The summed E-state index contributed by atoms with van der Waals surface area (Å²) in [5, 5.41) is 43.5. The Kier molecular flexibility index (Phi) is 8.00. The number of sulfone groups is 2. The Balaban J connectivity index is 2.56. The van der Waals surface area contributed by atoms with Crippen LogP contribution in [-0.2, 0) is 19.7 Å². The molecule has 0 aromatic heterocycles. The molecule has 0 saturated heterocycles. The molecule has 14 heteroatoms. The summed E-state index contributed by atoms with van der Waals surface area (Å²) in [7, 11) is -8.08. The molecule has 0 atom stereocenters. The third-order valence-electron chi connectivity index (χ3n) is 6.09. The summed E-state index contributed by atoms with van der Waals surface area (Å²) in [6, 6.07) is 6.96. The summed E-state index contributed by atoms with van der Waals surface area (Å²) in [6.45, 7) is 3.52. The van der Waals surface area contributed by atoms with Gasteiger partial charge in [0.15, 0.2) is 19.7 Å². The van der Waals surface area contributed by atoms with Crippen LogP contribution in [0.2, 0.25) is 0 Å². The van der Waals surface area contributed by atoms with Gasteiger partial charge in [-0.25, -0.2) is 16.8 Å². The minimum Gasteiger partial charge on any atom is -0.258 e. The molecule has 2 aromatic rings. The van der Waals surface area contributed by atoms with E-state index in [0.717, 1.165) is 24.3 Å². The van der Waals surface area contributed by atoms with Crippen LogP contribution in [-0.4, -0.2) is 38.2 Å². The van der Waals surface area contributed by atoms with Crippen molar-refractivity contribution in [3.8, 4) is 23.3 Å². The first-order valence-corrected chi connectivity index (χ1v) is 14.8. The predicted octanol–water partition coefficient (Wildman–Crippen LogP) is 4.48. The van der Waals surface area contributed by atoms with Crippen molar-refractivity contribution in [1.82, 2.24) is 0 Å². The molecule has 0 spiro atoms. The highest BCUT2D eigenvalue weighted by Crippen LogP contribution is 2.54. The minimum atomic E-state index is -4.04. The van der Waals surface area contributed by atoms with Crippen molar-refractivity contribution >= 4 is 36.6 Å². The van der Waals surface area contributed by atoms with Gasteiger partial charge < -0.3 is 0 Å². The Morgan fingerprint density at radius 1 is 0.763 bits per heavy atom. The van der Waals surface area contributed by atoms with E-state index in [1.807, 2.05) is 0 Å². The van der Waals surface area contributed by atoms with Crippen LogP contribution in [0.15, 0.2) is 39.6 Å². The van der Waals surface area contributed by atoms with Gasteiger partial charge in [-0.3, -0.25) is 20.2 Å². The van der Waals surface area contributed by atoms with Crippen LogP contribution in [0.25, 0.3) is 16.7 Å². The molecule has 198 valence electrons. The molecule has 1 aliphatic carbocycles. The first kappa shape index (κ1) is 28.4. The zero-order chi connectivity index (χ0) is 28.4. The van der Waals surface area contributed by atoms with Gasteiger partial charge in [0.2, 0.25) is 0 Å². The fourth-order valence-electron chi connectivity index (χ4n) is 4.22. The standard InChI is InChI=1S/C24H22N4O8S2/c1-3-5-7-37(33,34)16-9-18-22(15(13-25)14-26)19-10-17(38(35,36)8-6-4-2)12-21(28(31)32)24(19)23(18)20(11-16)27(29)30/h9-12H,3-8H2,1-2H3. The Morgan fingerprint density at radius 2 is 1.13 bits per heavy atom. The molecule has 0 aliphatic heterocycles. The SMILES string of the molecule is CCCCS(=O)(=O)c1cc2c(c([N+](=O)[O-])c1)-c1c(cc(S(=O)(=O)CCCC)cc1[N+](=O)[O-])C2=C(C#N)C#N. The molecule has 0 saturated carbocycles. The summed E-state index contributed by atoms with van der Waals surface area (Å²) in [6.07, 6.45) is 1.58. The van der Waals surface area contributed by atoms with E-state index >= 15 is 0 Å². The van der Waals surface area contributed by atoms with Crippen molar-refractivity contribution in [2.75, 3.05) is 11.5 Å². The quantitative estimate of drug-likeness (QED) is 0.194. The van der Waals surface area contributed by atoms with Gasteiger partial charge in [-0.15, -0.1) is 0 Å². The molecule has 0 amide bonds. The van der Waals surface area contributed by atoms with Gasteiger partial charge in [-0.05, 0) is 25.0 Å². The van der Waals surface area contributed by atoms with Crippen molar-refractivity contribution < 1.29 is 26.7 Å². The topological polar surface area (TPSA) is 202 Å². The van der Waals surface area contributed by atoms with Crippen LogP contribution in [0.5, 0.6) is 0 Å². The lowest BCUT2D eigenvalue weighted by Crippen LogP contribution is -2.08. The van der Waals surface area contributed by atoms with Gasteiger partial charge in [0, 0.05) is 28.8 Å². The van der Waals surface area contributed by atoms with Gasteiger partial charge in [-0.2, -0.15) is 10.5 Å². The second-order valence-electron chi connectivity index (χ2n) is 8.56. The van der Waals surface area contributed by atoms with E-state index in [-0.39, 0.29) is 52.2 Å². The molecule has 38 heavy (non-hydrogen) atoms. The second kappa shape index (κ2) is 10.7. The monoisotopic (exact) mass is 558 g/mol. The Hall–Kier alpha value is -4.14. The summed E-state index contributed by atoms with van der Waals surface area (Å²) in [5.41, 5.74) is -3.68. The maximum atomic E-state index is 13.0. The van der Waals surface area contributed by atoms with Crippen LogP contribution in [0.4, 0.5) is 11.4 Å². The number of rotatable bonds is 10. The summed E-state index contributed by atoms with van der Waals surface area (Å²) in [5.74, 6) is -0.649. The zero-order valence-corrected chi connectivity index (χ0v) is 22.1. The van der Waals surface area contributed by atoms with E-state index in [2.05, 4.69) is 0 Å². The number of benzene rings is 2. The lowest BCUT2D eigenvalue weighted by atomic mass is 9.99. The third-order valence-corrected chi connectivity index (χ3v) is 9.65. The number of hydrogen-bond donors (Lipinski definition) is 0. The highest BCUT2D eigenvalue weighted by Gasteiger charge is 2.41. The number of nitro benzene ring substituents is 2. The Morgan fingerprint density at radius 3 is 1.42 bits per heavy atom. The van der Waals surface area contributed by atoms with E-state index in [1.165, 1.54) is 0 Å². The summed E-state index contributed by atoms with van der Waals surface area (Å²) >= 11 is 0. The van der Waals surface area contributed by atoms with Crippen LogP contribution in [0, 0.1) is 42.9 Å². The Bertz CT molecular complexity index is 1570. The number of nitriles is 2. The van der Waals surface area contributed by atoms with Crippen molar-refractivity contribution in [2.45, 2.75) is 49.3 Å². The molecule has 0 radical (unpaired) electrons. The van der Waals surface area contributed by atoms with Crippen LogP contribution >= 0.6 is 0 Å². The number of nitro groups is 2. The maximum absolute atomic E-state index is 13.0. The van der Waals surface area contributed by atoms with Gasteiger partial charge in [0.25, 0.3) is 11.4 Å². The van der Waals surface area contributed by atoms with Crippen LogP contribution in [0.3, 0.4) is 0 Å². The fourth-order valence-corrected chi connectivity index (χ4v) is 7.21. The Labute approximate surface area is 219 Å². The molecule has 1 aliphatic rings. The molecule has 12 nitrogen and oxygen atoms in total. The second-order valence-corrected chi connectivity index (χ2v) is 12.8. The molecule has 0 N–H and O–H groups in total. The molecular weight excluding hydrogens is 536 g/mol. The summed E-state index contributed by atoms with van der Waals surface area (Å²) in [4.78, 5) is 21.5. The van der Waals surface area contributed by atoms with Crippen LogP contribution < -0.4 is 0 Å². The number of fused-ring (bicyclic) bond motifs is 3. The van der Waals surface area contributed by atoms with E-state index in [1.54, 1.807) is 26.0 Å². The lowest BCUT2D eigenvalue weighted by molar-refractivity contribution is -0.386. The van der Waals surface area contributed by atoms with E-state index in [9.17, 15) is 47.6 Å². The van der Waals surface area contributed by atoms with E-state index in [4.69, 9.17) is 0 Å². The molecule has 2 aromatic carbocycles. The maximum Gasteiger partial charge on any atom is 0.279 e. The van der Waals surface area contributed by atoms with E-state index < -0.39 is 56.3 Å². The highest BCUT2D eigenvalue weighted by molar-refractivity contribution is 7.91. The molecule has 3 rings (SSSR count). The van der Waals surface area contributed by atoms with Gasteiger partial charge in [0.05, 0.1) is 42.3 Å². The lowest BCUT2D eigenvalue weighted by Gasteiger charge is -2.09. The normalized spacial score (nSPS) is 12.3. The number of nitrogens with zero attached hydrogens (tertiary/aromatic N) is 4. The number of allylic oxidation sites excluding steroid dienone is 1. The van der Waals surface area contributed by atoms with Crippen molar-refractivity contribution in [3.63, 3.8) is 0 Å². The van der Waals surface area contributed by atoms with Gasteiger partial charge in [0.1, 0.15) is 17.7 Å². The van der Waals surface area contributed by atoms with E-state index in [0.29, 0.717) is 12.8 Å². The minimum absolute atomic E-state index is 0.242. The zero-order valence-electron chi connectivity index (χ0n) is 20.4. The fraction of sp³-hybridized carbons (Fsp3) is 0.333. The van der Waals surface area contributed by atoms with Gasteiger partial charge >= 0.3 is 0 Å². The molecule has 0 heterocycles. The smallest absolute Gasteiger partial charge is 0.258 e. The number of unbranched alkanes of at least 4 members (excludes halogenated alkanes) is 2. The average Bonchev–Trinajstić information content (AvgIpc) is 3.20. The molecule has 0 fully saturated rings. The summed E-state index contributed by atoms with van der Waals surface area (Å²) < 4.78 is 51.8. The highest BCUT2D eigenvalue weighted by atomic mass is 32.2. The molecular formula is C24H22N4O8S2. The largest absolute Gasteiger partial charge is 0.279 e. The van der Waals surface area contributed by atoms with Crippen molar-refractivity contribution in [3.05, 3.63) is 61.2 Å². The van der Waals surface area contributed by atoms with Crippen molar-refractivity contribution in [1.29, 1.82) is 10.5 Å². The average molecular weight is 559 g/mol. The van der Waals surface area contributed by atoms with Gasteiger partial charge in [-0.1, -0.05) is 26.7 Å². The molecule has 0 bridgehead atoms. The van der Waals surface area contributed by atoms with Crippen molar-refractivity contribution in [2.24, 2.45) is 0 Å². The first-order chi connectivity index (χ1) is 17.8. The predicted molar refractivity (Wildman–Crippen MR) is 136 cm³/mol. The van der Waals surface area contributed by atoms with Crippen LogP contribution in [0.1, 0.15) is 50.7 Å². The third kappa shape index (κ3) is 5.01.